The molecule has 2 nitrogen and oxygen atoms in total. The van der Waals surface area contributed by atoms with Gasteiger partial charge in [-0.05, 0) is 26.2 Å². The Morgan fingerprint density at radius 1 is 1.17 bits per heavy atom. The van der Waals surface area contributed by atoms with Crippen molar-refractivity contribution in [2.75, 3.05) is 6.54 Å². The molecule has 1 amide bonds. The van der Waals surface area contributed by atoms with Gasteiger partial charge in [-0.15, -0.1) is 0 Å². The van der Waals surface area contributed by atoms with Crippen molar-refractivity contribution in [3.63, 3.8) is 0 Å². The molecule has 0 unspecified atom stereocenters. The largest absolute Gasteiger partial charge is 0.359 e. The second kappa shape index (κ2) is 10.2. The van der Waals surface area contributed by atoms with Crippen molar-refractivity contribution in [1.82, 2.24) is 5.32 Å². The smallest absolute Gasteiger partial charge is 0.207 e. The highest BCUT2D eigenvalue weighted by molar-refractivity contribution is 5.45. The molecular weight excluding hydrogens is 150 g/mol. The quantitative estimate of drug-likeness (QED) is 0.337. The average molecular weight is 169 g/mol. The maximum Gasteiger partial charge on any atom is 0.207 e. The molecule has 0 spiro atoms. The lowest BCUT2D eigenvalue weighted by atomic mass is 10.1. The summed E-state index contributed by atoms with van der Waals surface area (Å²) in [5.74, 6) is 0. The van der Waals surface area contributed by atoms with Crippen LogP contribution in [0.15, 0.2) is 12.2 Å². The summed E-state index contributed by atoms with van der Waals surface area (Å²) in [6, 6.07) is 0. The third-order valence-corrected chi connectivity index (χ3v) is 1.76. The molecule has 0 aliphatic carbocycles. The van der Waals surface area contributed by atoms with Gasteiger partial charge < -0.3 is 5.32 Å². The van der Waals surface area contributed by atoms with Crippen LogP contribution >= 0.6 is 0 Å². The van der Waals surface area contributed by atoms with Crippen molar-refractivity contribution in [1.29, 1.82) is 0 Å². The molecule has 0 aromatic carbocycles. The SMILES string of the molecule is CC=CCCCCCCNC=O. The summed E-state index contributed by atoms with van der Waals surface area (Å²) >= 11 is 0. The summed E-state index contributed by atoms with van der Waals surface area (Å²) < 4.78 is 0. The Bertz CT molecular complexity index is 121. The van der Waals surface area contributed by atoms with Gasteiger partial charge in [0.15, 0.2) is 0 Å². The monoisotopic (exact) mass is 169 g/mol. The van der Waals surface area contributed by atoms with E-state index < -0.39 is 0 Å². The van der Waals surface area contributed by atoms with E-state index in [-0.39, 0.29) is 0 Å². The molecule has 0 aromatic heterocycles. The van der Waals surface area contributed by atoms with E-state index in [4.69, 9.17) is 0 Å². The molecule has 0 rings (SSSR count). The number of nitrogens with one attached hydrogen (secondary N) is 1. The highest BCUT2D eigenvalue weighted by Gasteiger charge is 1.87. The van der Waals surface area contributed by atoms with Gasteiger partial charge in [0.25, 0.3) is 0 Å². The van der Waals surface area contributed by atoms with Crippen LogP contribution in [0.4, 0.5) is 0 Å². The Labute approximate surface area is 75.0 Å². The zero-order valence-electron chi connectivity index (χ0n) is 7.88. The second-order valence-electron chi connectivity index (χ2n) is 2.84. The molecule has 0 aliphatic rings. The van der Waals surface area contributed by atoms with Gasteiger partial charge in [0.1, 0.15) is 0 Å². The first-order valence-electron chi connectivity index (χ1n) is 4.70. The highest BCUT2D eigenvalue weighted by Crippen LogP contribution is 2.02. The highest BCUT2D eigenvalue weighted by atomic mass is 16.1. The van der Waals surface area contributed by atoms with E-state index in [2.05, 4.69) is 17.5 Å². The number of hydrogen-bond donors (Lipinski definition) is 1. The molecule has 1 N–H and O–H groups in total. The second-order valence-corrected chi connectivity index (χ2v) is 2.84. The fraction of sp³-hybridized carbons (Fsp3) is 0.700. The Kier molecular flexibility index (Phi) is 9.54. The Balaban J connectivity index is 2.86. The molecule has 0 aliphatic heterocycles. The number of carbonyl (C=O) groups excluding carboxylic acids is 1. The summed E-state index contributed by atoms with van der Waals surface area (Å²) in [4.78, 5) is 9.86. The van der Waals surface area contributed by atoms with Gasteiger partial charge in [-0.3, -0.25) is 4.79 Å². The van der Waals surface area contributed by atoms with Crippen molar-refractivity contribution in [2.45, 2.75) is 39.0 Å². The number of amides is 1. The molecular formula is C10H19NO. The molecule has 0 bridgehead atoms. The zero-order chi connectivity index (χ0) is 9.07. The van der Waals surface area contributed by atoms with Crippen molar-refractivity contribution in [2.24, 2.45) is 0 Å². The first kappa shape index (κ1) is 11.2. The Hall–Kier alpha value is -0.790. The summed E-state index contributed by atoms with van der Waals surface area (Å²) in [6.45, 7) is 2.88. The number of hydrogen-bond acceptors (Lipinski definition) is 1. The molecule has 0 heterocycles. The number of unbranched alkanes of at least 4 members (excludes halogenated alkanes) is 4. The fourth-order valence-corrected chi connectivity index (χ4v) is 1.07. The van der Waals surface area contributed by atoms with Gasteiger partial charge >= 0.3 is 0 Å². The number of allylic oxidation sites excluding steroid dienone is 2. The summed E-state index contributed by atoms with van der Waals surface area (Å²) in [5.41, 5.74) is 0. The predicted molar refractivity (Wildman–Crippen MR) is 52.0 cm³/mol. The van der Waals surface area contributed by atoms with Gasteiger partial charge in [-0.25, -0.2) is 0 Å². The predicted octanol–water partition coefficient (Wildman–Crippen LogP) is 2.26. The van der Waals surface area contributed by atoms with Gasteiger partial charge in [-0.1, -0.05) is 25.0 Å². The number of rotatable bonds is 8. The number of carbonyl (C=O) groups is 1. The maximum absolute atomic E-state index is 9.86. The molecule has 0 saturated carbocycles. The maximum atomic E-state index is 9.86. The molecule has 12 heavy (non-hydrogen) atoms. The minimum Gasteiger partial charge on any atom is -0.359 e. The van der Waals surface area contributed by atoms with Gasteiger partial charge in [0, 0.05) is 6.54 Å². The van der Waals surface area contributed by atoms with Crippen LogP contribution in [-0.4, -0.2) is 13.0 Å². The minimum absolute atomic E-state index is 0.764. The van der Waals surface area contributed by atoms with E-state index in [1.807, 2.05) is 6.92 Å². The lowest BCUT2D eigenvalue weighted by Crippen LogP contribution is -2.11. The van der Waals surface area contributed by atoms with Crippen LogP contribution < -0.4 is 5.32 Å². The molecule has 2 heteroatoms. The Morgan fingerprint density at radius 3 is 2.58 bits per heavy atom. The third-order valence-electron chi connectivity index (χ3n) is 1.76. The van der Waals surface area contributed by atoms with E-state index in [1.165, 1.54) is 25.7 Å². The van der Waals surface area contributed by atoms with Crippen LogP contribution in [0.3, 0.4) is 0 Å². The standard InChI is InChI=1S/C10H19NO/c1-2-3-4-5-6-7-8-9-11-10-12/h2-3,10H,4-9H2,1H3,(H,11,12). The van der Waals surface area contributed by atoms with Gasteiger partial charge in [0.05, 0.1) is 0 Å². The van der Waals surface area contributed by atoms with E-state index >= 15 is 0 Å². The summed E-state index contributed by atoms with van der Waals surface area (Å²) in [7, 11) is 0. The van der Waals surface area contributed by atoms with Crippen LogP contribution in [0.2, 0.25) is 0 Å². The van der Waals surface area contributed by atoms with Crippen molar-refractivity contribution in [3.8, 4) is 0 Å². The van der Waals surface area contributed by atoms with E-state index in [0.717, 1.165) is 19.4 Å². The van der Waals surface area contributed by atoms with Crippen molar-refractivity contribution >= 4 is 6.41 Å². The topological polar surface area (TPSA) is 29.1 Å². The third kappa shape index (κ3) is 9.21. The minimum atomic E-state index is 0.764. The first-order chi connectivity index (χ1) is 5.91. The molecule has 0 saturated heterocycles. The van der Waals surface area contributed by atoms with E-state index in [0.29, 0.717) is 0 Å². The molecule has 0 radical (unpaired) electrons. The van der Waals surface area contributed by atoms with Gasteiger partial charge in [-0.2, -0.15) is 0 Å². The van der Waals surface area contributed by atoms with Gasteiger partial charge in [0.2, 0.25) is 6.41 Å². The van der Waals surface area contributed by atoms with Crippen LogP contribution in [-0.2, 0) is 4.79 Å². The Morgan fingerprint density at radius 2 is 1.92 bits per heavy atom. The van der Waals surface area contributed by atoms with Crippen LogP contribution in [0.5, 0.6) is 0 Å². The van der Waals surface area contributed by atoms with Crippen LogP contribution in [0.1, 0.15) is 39.0 Å². The van der Waals surface area contributed by atoms with E-state index in [1.54, 1.807) is 0 Å². The molecule has 70 valence electrons. The summed E-state index contributed by atoms with van der Waals surface area (Å²) in [5, 5.41) is 2.66. The average Bonchev–Trinajstić information content (AvgIpc) is 2.10. The first-order valence-corrected chi connectivity index (χ1v) is 4.70. The normalized spacial score (nSPS) is 10.4. The van der Waals surface area contributed by atoms with Crippen molar-refractivity contribution < 1.29 is 4.79 Å². The van der Waals surface area contributed by atoms with E-state index in [9.17, 15) is 4.79 Å². The fourth-order valence-electron chi connectivity index (χ4n) is 1.07. The van der Waals surface area contributed by atoms with Crippen LogP contribution in [0, 0.1) is 0 Å². The lowest BCUT2D eigenvalue weighted by molar-refractivity contribution is -0.109. The van der Waals surface area contributed by atoms with Crippen LogP contribution in [0.25, 0.3) is 0 Å². The molecule has 0 fully saturated rings. The van der Waals surface area contributed by atoms with Crippen molar-refractivity contribution in [3.05, 3.63) is 12.2 Å². The lowest BCUT2D eigenvalue weighted by Gasteiger charge is -1.98. The molecule has 0 aromatic rings. The molecule has 0 atom stereocenters. The summed E-state index contributed by atoms with van der Waals surface area (Å²) in [6.07, 6.45) is 11.1. The zero-order valence-corrected chi connectivity index (χ0v) is 7.88.